The van der Waals surface area contributed by atoms with Crippen LogP contribution in [-0.4, -0.2) is 21.4 Å². The van der Waals surface area contributed by atoms with Crippen LogP contribution in [-0.2, 0) is 12.8 Å². The summed E-state index contributed by atoms with van der Waals surface area (Å²) in [5.41, 5.74) is 10.3. The van der Waals surface area contributed by atoms with E-state index in [1.165, 1.54) is 44.5 Å². The molecule has 0 saturated carbocycles. The van der Waals surface area contributed by atoms with Gasteiger partial charge in [-0.25, -0.2) is 0 Å². The van der Waals surface area contributed by atoms with Gasteiger partial charge in [0.05, 0.1) is 0 Å². The van der Waals surface area contributed by atoms with Gasteiger partial charge in [-0.15, -0.1) is 0 Å². The van der Waals surface area contributed by atoms with Gasteiger partial charge in [-0.2, -0.15) is 0 Å². The highest BCUT2D eigenvalue weighted by Gasteiger charge is 2.34. The maximum absolute atomic E-state index is 9.76. The standard InChI is InChI=1S/2C26H28O2/c2*1-26(2,3)28-22-14-16-24-20(17-22)11-15-23(18-7-5-4-6-8-18)25(24)19-9-12-21(27)13-10-19/h2*4-10,12-14,16-17,23,25,27H,11,15H2,1-3H3. The van der Waals surface area contributed by atoms with Gasteiger partial charge < -0.3 is 19.7 Å². The number of phenols is 2. The average Bonchev–Trinajstić information content (AvgIpc) is 3.17. The summed E-state index contributed by atoms with van der Waals surface area (Å²) in [5.74, 6) is 3.89. The molecule has 0 fully saturated rings. The van der Waals surface area contributed by atoms with Crippen LogP contribution in [0.5, 0.6) is 23.0 Å². The molecule has 8 rings (SSSR count). The van der Waals surface area contributed by atoms with Crippen LogP contribution in [0.2, 0.25) is 0 Å². The minimum atomic E-state index is -0.203. The SMILES string of the molecule is CC(C)(C)Oc1ccc2c(c1)CCC(c1ccccc1)C2c1ccc(O)cc1.CC(C)(C)Oc1ccc2c(c1)CCC(c1ccccc1)C2c1ccc(O)cc1. The first-order valence-corrected chi connectivity index (χ1v) is 20.1. The van der Waals surface area contributed by atoms with Gasteiger partial charge in [0.25, 0.3) is 0 Å². The van der Waals surface area contributed by atoms with Crippen LogP contribution in [0.25, 0.3) is 0 Å². The maximum Gasteiger partial charge on any atom is 0.120 e. The lowest BCUT2D eigenvalue weighted by atomic mass is 9.69. The molecule has 4 unspecified atom stereocenters. The molecule has 0 aliphatic heterocycles. The number of rotatable bonds is 6. The second-order valence-corrected chi connectivity index (χ2v) is 17.4. The lowest BCUT2D eigenvalue weighted by molar-refractivity contribution is 0.130. The molecule has 0 spiro atoms. The van der Waals surface area contributed by atoms with Gasteiger partial charge >= 0.3 is 0 Å². The van der Waals surface area contributed by atoms with E-state index >= 15 is 0 Å². The second kappa shape index (κ2) is 16.3. The highest BCUT2D eigenvalue weighted by Crippen LogP contribution is 2.49. The molecule has 0 aromatic heterocycles. The van der Waals surface area contributed by atoms with Crippen molar-refractivity contribution >= 4 is 0 Å². The van der Waals surface area contributed by atoms with Gasteiger partial charge in [-0.1, -0.05) is 97.1 Å². The topological polar surface area (TPSA) is 58.9 Å². The summed E-state index contributed by atoms with van der Waals surface area (Å²) < 4.78 is 12.2. The van der Waals surface area contributed by atoms with Crippen LogP contribution in [0.3, 0.4) is 0 Å². The zero-order valence-electron chi connectivity index (χ0n) is 33.7. The summed E-state index contributed by atoms with van der Waals surface area (Å²) in [4.78, 5) is 0. The first-order valence-electron chi connectivity index (χ1n) is 20.1. The van der Waals surface area contributed by atoms with Gasteiger partial charge in [0.15, 0.2) is 0 Å². The third-order valence-corrected chi connectivity index (χ3v) is 11.0. The third-order valence-electron chi connectivity index (χ3n) is 11.0. The number of fused-ring (bicyclic) bond motifs is 2. The number of hydrogen-bond acceptors (Lipinski definition) is 4. The normalized spacial score (nSPS) is 19.1. The van der Waals surface area contributed by atoms with Crippen molar-refractivity contribution < 1.29 is 19.7 Å². The number of aromatic hydroxyl groups is 2. The van der Waals surface area contributed by atoms with Gasteiger partial charge in [-0.3, -0.25) is 0 Å². The molecule has 6 aromatic carbocycles. The van der Waals surface area contributed by atoms with E-state index in [2.05, 4.69) is 163 Å². The molecule has 4 heteroatoms. The molecule has 0 amide bonds. The number of ether oxygens (including phenoxy) is 2. The molecule has 0 heterocycles. The number of aryl methyl sites for hydroxylation is 2. The monoisotopic (exact) mass is 744 g/mol. The quantitative estimate of drug-likeness (QED) is 0.178. The first kappa shape index (κ1) is 38.8. The summed E-state index contributed by atoms with van der Waals surface area (Å²) in [6, 6.07) is 50.1. The van der Waals surface area contributed by atoms with Gasteiger partial charge in [0, 0.05) is 11.8 Å². The summed E-state index contributed by atoms with van der Waals surface area (Å²) >= 11 is 0. The zero-order valence-corrected chi connectivity index (χ0v) is 33.7. The van der Waals surface area contributed by atoms with Crippen molar-refractivity contribution in [1.29, 1.82) is 0 Å². The van der Waals surface area contributed by atoms with Crippen molar-refractivity contribution in [2.45, 2.75) is 102 Å². The van der Waals surface area contributed by atoms with Crippen LogP contribution in [0, 0.1) is 0 Å². The fraction of sp³-hybridized carbons (Fsp3) is 0.308. The van der Waals surface area contributed by atoms with Crippen LogP contribution in [0.1, 0.15) is 123 Å². The van der Waals surface area contributed by atoms with Crippen molar-refractivity contribution in [2.24, 2.45) is 0 Å². The fourth-order valence-electron chi connectivity index (χ4n) is 8.73. The van der Waals surface area contributed by atoms with Crippen LogP contribution >= 0.6 is 0 Å². The van der Waals surface area contributed by atoms with Crippen molar-refractivity contribution in [1.82, 2.24) is 0 Å². The van der Waals surface area contributed by atoms with Crippen molar-refractivity contribution in [3.8, 4) is 23.0 Å². The lowest BCUT2D eigenvalue weighted by Gasteiger charge is -2.35. The van der Waals surface area contributed by atoms with Crippen molar-refractivity contribution in [3.63, 3.8) is 0 Å². The molecule has 4 atom stereocenters. The maximum atomic E-state index is 9.76. The predicted molar refractivity (Wildman–Crippen MR) is 229 cm³/mol. The highest BCUT2D eigenvalue weighted by atomic mass is 16.5. The molecular weight excluding hydrogens is 689 g/mol. The molecule has 4 nitrogen and oxygen atoms in total. The Morgan fingerprint density at radius 1 is 0.429 bits per heavy atom. The first-order chi connectivity index (χ1) is 26.8. The Labute approximate surface area is 333 Å². The van der Waals surface area contributed by atoms with E-state index < -0.39 is 0 Å². The van der Waals surface area contributed by atoms with E-state index in [4.69, 9.17) is 9.47 Å². The fourth-order valence-corrected chi connectivity index (χ4v) is 8.73. The lowest BCUT2D eigenvalue weighted by Crippen LogP contribution is -2.24. The molecule has 288 valence electrons. The van der Waals surface area contributed by atoms with E-state index in [1.54, 1.807) is 24.3 Å². The zero-order chi connectivity index (χ0) is 39.5. The van der Waals surface area contributed by atoms with Gasteiger partial charge in [0.2, 0.25) is 0 Å². The Morgan fingerprint density at radius 3 is 1.12 bits per heavy atom. The molecule has 6 aromatic rings. The molecule has 2 aliphatic rings. The Morgan fingerprint density at radius 2 is 0.786 bits per heavy atom. The van der Waals surface area contributed by atoms with E-state index in [9.17, 15) is 10.2 Å². The number of hydrogen-bond donors (Lipinski definition) is 2. The summed E-state index contributed by atoms with van der Waals surface area (Å²) in [6.07, 6.45) is 4.29. The molecular formula is C52H56O4. The minimum Gasteiger partial charge on any atom is -0.508 e. The summed E-state index contributed by atoms with van der Waals surface area (Å²) in [6.45, 7) is 12.5. The van der Waals surface area contributed by atoms with E-state index in [-0.39, 0.29) is 23.0 Å². The molecule has 0 bridgehead atoms. The number of benzene rings is 6. The van der Waals surface area contributed by atoms with Crippen LogP contribution < -0.4 is 9.47 Å². The molecule has 0 radical (unpaired) electrons. The van der Waals surface area contributed by atoms with E-state index in [1.807, 2.05) is 0 Å². The summed E-state index contributed by atoms with van der Waals surface area (Å²) in [7, 11) is 0. The van der Waals surface area contributed by atoms with Crippen LogP contribution in [0.15, 0.2) is 146 Å². The average molecular weight is 745 g/mol. The van der Waals surface area contributed by atoms with E-state index in [0.29, 0.717) is 23.3 Å². The molecule has 56 heavy (non-hydrogen) atoms. The molecule has 2 N–H and O–H groups in total. The Balaban J connectivity index is 0.000000172. The molecule has 2 aliphatic carbocycles. The highest BCUT2D eigenvalue weighted by molar-refractivity contribution is 5.50. The van der Waals surface area contributed by atoms with Crippen molar-refractivity contribution in [3.05, 3.63) is 190 Å². The Kier molecular flexibility index (Phi) is 11.3. The second-order valence-electron chi connectivity index (χ2n) is 17.4. The third kappa shape index (κ3) is 9.30. The summed E-state index contributed by atoms with van der Waals surface area (Å²) in [5, 5.41) is 19.5. The van der Waals surface area contributed by atoms with E-state index in [0.717, 1.165) is 37.2 Å². The predicted octanol–water partition coefficient (Wildman–Crippen LogP) is 12.9. The number of phenolic OH excluding ortho intramolecular Hbond substituents is 2. The smallest absolute Gasteiger partial charge is 0.120 e. The van der Waals surface area contributed by atoms with Crippen molar-refractivity contribution in [2.75, 3.05) is 0 Å². The largest absolute Gasteiger partial charge is 0.508 e. The Hall–Kier alpha value is -5.48. The van der Waals surface area contributed by atoms with Gasteiger partial charge in [0.1, 0.15) is 34.2 Å². The molecule has 0 saturated heterocycles. The minimum absolute atomic E-state index is 0.203. The Bertz CT molecular complexity index is 2030. The van der Waals surface area contributed by atoms with Gasteiger partial charge in [-0.05, 0) is 172 Å². The van der Waals surface area contributed by atoms with Crippen LogP contribution in [0.4, 0.5) is 0 Å².